The van der Waals surface area contributed by atoms with E-state index in [0.717, 1.165) is 18.9 Å². The van der Waals surface area contributed by atoms with Crippen LogP contribution in [0.15, 0.2) is 12.1 Å². The van der Waals surface area contributed by atoms with Gasteiger partial charge in [-0.1, -0.05) is 0 Å². The number of nitrogens with zero attached hydrogens (tertiary/aromatic N) is 1. The highest BCUT2D eigenvalue weighted by molar-refractivity contribution is 5.97. The van der Waals surface area contributed by atoms with E-state index in [-0.39, 0.29) is 0 Å². The average Bonchev–Trinajstić information content (AvgIpc) is 2.67. The highest BCUT2D eigenvalue weighted by Crippen LogP contribution is 2.25. The second-order valence-electron chi connectivity index (χ2n) is 3.78. The number of amides is 1. The van der Waals surface area contributed by atoms with E-state index in [1.807, 2.05) is 0 Å². The van der Waals surface area contributed by atoms with Crippen molar-refractivity contribution in [3.63, 3.8) is 0 Å². The first kappa shape index (κ1) is 10.9. The summed E-state index contributed by atoms with van der Waals surface area (Å²) < 4.78 is 26.1. The summed E-state index contributed by atoms with van der Waals surface area (Å²) in [5, 5.41) is 9.38. The number of likely N-dealkylation sites (tertiary alicyclic amines) is 1. The van der Waals surface area contributed by atoms with Gasteiger partial charge in [0.1, 0.15) is 22.9 Å². The lowest BCUT2D eigenvalue weighted by Gasteiger charge is -2.16. The predicted octanol–water partition coefficient (Wildman–Crippen LogP) is 1.91. The van der Waals surface area contributed by atoms with Gasteiger partial charge in [-0.25, -0.2) is 8.78 Å². The SMILES string of the molecule is O=C(c1c(O)cc(F)cc1F)N1CCCC1. The van der Waals surface area contributed by atoms with Crippen LogP contribution in [-0.2, 0) is 0 Å². The second kappa shape index (κ2) is 4.08. The number of carbonyl (C=O) groups is 1. The Bertz CT molecular complexity index is 405. The fraction of sp³-hybridized carbons (Fsp3) is 0.364. The lowest BCUT2D eigenvalue weighted by Crippen LogP contribution is -2.28. The van der Waals surface area contributed by atoms with Crippen molar-refractivity contribution in [2.45, 2.75) is 12.8 Å². The number of hydrogen-bond donors (Lipinski definition) is 1. The maximum absolute atomic E-state index is 13.4. The minimum atomic E-state index is -1.02. The first-order chi connectivity index (χ1) is 7.59. The van der Waals surface area contributed by atoms with E-state index in [0.29, 0.717) is 19.2 Å². The molecule has 86 valence electrons. The molecular weight excluding hydrogens is 216 g/mol. The normalized spacial score (nSPS) is 15.5. The molecule has 1 saturated heterocycles. The van der Waals surface area contributed by atoms with Crippen molar-refractivity contribution in [3.8, 4) is 5.75 Å². The third-order valence-corrected chi connectivity index (χ3v) is 2.64. The van der Waals surface area contributed by atoms with Crippen LogP contribution in [0.5, 0.6) is 5.75 Å². The quantitative estimate of drug-likeness (QED) is 0.796. The molecule has 1 aromatic carbocycles. The smallest absolute Gasteiger partial charge is 0.260 e. The fourth-order valence-corrected chi connectivity index (χ4v) is 1.85. The third kappa shape index (κ3) is 1.85. The molecule has 0 radical (unpaired) electrons. The topological polar surface area (TPSA) is 40.5 Å². The summed E-state index contributed by atoms with van der Waals surface area (Å²) in [5.74, 6) is -3.13. The molecule has 1 fully saturated rings. The van der Waals surface area contributed by atoms with Gasteiger partial charge < -0.3 is 10.0 Å². The zero-order valence-corrected chi connectivity index (χ0v) is 8.54. The largest absolute Gasteiger partial charge is 0.507 e. The Balaban J connectivity index is 2.35. The van der Waals surface area contributed by atoms with Gasteiger partial charge in [0.25, 0.3) is 5.91 Å². The Morgan fingerprint density at radius 2 is 1.88 bits per heavy atom. The highest BCUT2D eigenvalue weighted by atomic mass is 19.1. The summed E-state index contributed by atoms with van der Waals surface area (Å²) in [7, 11) is 0. The summed E-state index contributed by atoms with van der Waals surface area (Å²) in [6.07, 6.45) is 1.74. The maximum Gasteiger partial charge on any atom is 0.260 e. The van der Waals surface area contributed by atoms with Gasteiger partial charge in [-0.05, 0) is 12.8 Å². The zero-order chi connectivity index (χ0) is 11.7. The van der Waals surface area contributed by atoms with Crippen molar-refractivity contribution < 1.29 is 18.7 Å². The molecular formula is C11H11F2NO2. The lowest BCUT2D eigenvalue weighted by atomic mass is 10.1. The maximum atomic E-state index is 13.4. The van der Waals surface area contributed by atoms with E-state index < -0.39 is 28.9 Å². The third-order valence-electron chi connectivity index (χ3n) is 2.64. The molecule has 0 atom stereocenters. The van der Waals surface area contributed by atoms with Gasteiger partial charge in [0, 0.05) is 25.2 Å². The van der Waals surface area contributed by atoms with Crippen LogP contribution in [0.3, 0.4) is 0 Å². The van der Waals surface area contributed by atoms with E-state index in [1.165, 1.54) is 4.90 Å². The number of phenols is 1. The van der Waals surface area contributed by atoms with E-state index >= 15 is 0 Å². The Morgan fingerprint density at radius 3 is 2.44 bits per heavy atom. The van der Waals surface area contributed by atoms with Gasteiger partial charge in [0.05, 0.1) is 0 Å². The summed E-state index contributed by atoms with van der Waals surface area (Å²) in [4.78, 5) is 13.3. The monoisotopic (exact) mass is 227 g/mol. The van der Waals surface area contributed by atoms with E-state index in [1.54, 1.807) is 0 Å². The Hall–Kier alpha value is -1.65. The molecule has 1 amide bonds. The van der Waals surface area contributed by atoms with Crippen LogP contribution in [0, 0.1) is 11.6 Å². The summed E-state index contributed by atoms with van der Waals surface area (Å²) in [6, 6.07) is 1.34. The molecule has 3 nitrogen and oxygen atoms in total. The molecule has 1 aliphatic rings. The van der Waals surface area contributed by atoms with Crippen molar-refractivity contribution in [1.82, 2.24) is 4.90 Å². The van der Waals surface area contributed by atoms with E-state index in [2.05, 4.69) is 0 Å². The number of carbonyl (C=O) groups excluding carboxylic acids is 1. The molecule has 0 spiro atoms. The fourth-order valence-electron chi connectivity index (χ4n) is 1.85. The average molecular weight is 227 g/mol. The molecule has 0 bridgehead atoms. The van der Waals surface area contributed by atoms with E-state index in [9.17, 15) is 18.7 Å². The molecule has 1 N–H and O–H groups in total. The molecule has 5 heteroatoms. The number of benzene rings is 1. The van der Waals surface area contributed by atoms with Crippen molar-refractivity contribution in [3.05, 3.63) is 29.3 Å². The molecule has 1 aromatic rings. The zero-order valence-electron chi connectivity index (χ0n) is 8.54. The molecule has 2 rings (SSSR count). The Morgan fingerprint density at radius 1 is 1.25 bits per heavy atom. The molecule has 0 aromatic heterocycles. The lowest BCUT2D eigenvalue weighted by molar-refractivity contribution is 0.0785. The van der Waals surface area contributed by atoms with Crippen LogP contribution in [0.25, 0.3) is 0 Å². The van der Waals surface area contributed by atoms with Crippen LogP contribution >= 0.6 is 0 Å². The second-order valence-corrected chi connectivity index (χ2v) is 3.78. The first-order valence-electron chi connectivity index (χ1n) is 5.07. The van der Waals surface area contributed by atoms with Crippen molar-refractivity contribution in [2.24, 2.45) is 0 Å². The van der Waals surface area contributed by atoms with Gasteiger partial charge in [0.2, 0.25) is 0 Å². The molecule has 16 heavy (non-hydrogen) atoms. The summed E-state index contributed by atoms with van der Waals surface area (Å²) in [5.41, 5.74) is -0.441. The number of aromatic hydroxyl groups is 1. The Kier molecular flexibility index (Phi) is 2.77. The van der Waals surface area contributed by atoms with Crippen molar-refractivity contribution >= 4 is 5.91 Å². The minimum Gasteiger partial charge on any atom is -0.507 e. The van der Waals surface area contributed by atoms with Crippen LogP contribution in [0.2, 0.25) is 0 Å². The van der Waals surface area contributed by atoms with Gasteiger partial charge >= 0.3 is 0 Å². The molecule has 1 heterocycles. The van der Waals surface area contributed by atoms with Gasteiger partial charge in [0.15, 0.2) is 0 Å². The van der Waals surface area contributed by atoms with Crippen LogP contribution in [-0.4, -0.2) is 29.0 Å². The molecule has 0 aliphatic carbocycles. The first-order valence-corrected chi connectivity index (χ1v) is 5.07. The number of hydrogen-bond acceptors (Lipinski definition) is 2. The standard InChI is InChI=1S/C11H11F2NO2/c12-7-5-8(13)10(9(15)6-7)11(16)14-3-1-2-4-14/h5-6,15H,1-4H2. The minimum absolute atomic E-state index is 0.441. The van der Waals surface area contributed by atoms with Crippen LogP contribution < -0.4 is 0 Å². The van der Waals surface area contributed by atoms with Crippen molar-refractivity contribution in [1.29, 1.82) is 0 Å². The van der Waals surface area contributed by atoms with Crippen LogP contribution in [0.4, 0.5) is 8.78 Å². The summed E-state index contributed by atoms with van der Waals surface area (Å²) in [6.45, 7) is 1.10. The summed E-state index contributed by atoms with van der Waals surface area (Å²) >= 11 is 0. The number of phenolic OH excluding ortho intramolecular Hbond substituents is 1. The Labute approximate surface area is 91.3 Å². The van der Waals surface area contributed by atoms with E-state index in [4.69, 9.17) is 0 Å². The highest BCUT2D eigenvalue weighted by Gasteiger charge is 2.25. The van der Waals surface area contributed by atoms with Crippen LogP contribution in [0.1, 0.15) is 23.2 Å². The molecule has 0 unspecified atom stereocenters. The van der Waals surface area contributed by atoms with Gasteiger partial charge in [-0.15, -0.1) is 0 Å². The molecule has 1 aliphatic heterocycles. The van der Waals surface area contributed by atoms with Gasteiger partial charge in [-0.2, -0.15) is 0 Å². The number of halogens is 2. The van der Waals surface area contributed by atoms with Gasteiger partial charge in [-0.3, -0.25) is 4.79 Å². The van der Waals surface area contributed by atoms with Crippen molar-refractivity contribution in [2.75, 3.05) is 13.1 Å². The predicted molar refractivity (Wildman–Crippen MR) is 53.2 cm³/mol. The molecule has 0 saturated carbocycles. The number of rotatable bonds is 1.